The summed E-state index contributed by atoms with van der Waals surface area (Å²) in [5.74, 6) is -0.802. The molecular formula is C12H16O4. The lowest BCUT2D eigenvalue weighted by molar-refractivity contribution is -0.160. The molecule has 2 rings (SSSR count). The van der Waals surface area contributed by atoms with Crippen molar-refractivity contribution >= 4 is 11.9 Å². The Morgan fingerprint density at radius 2 is 2.31 bits per heavy atom. The van der Waals surface area contributed by atoms with Crippen LogP contribution >= 0.6 is 0 Å². The Morgan fingerprint density at radius 1 is 1.56 bits per heavy atom. The molecule has 1 heterocycles. The molecule has 1 aliphatic heterocycles. The summed E-state index contributed by atoms with van der Waals surface area (Å²) in [6.45, 7) is 2.61. The first kappa shape index (κ1) is 11.2. The normalized spacial score (nSPS) is 36.7. The molecule has 2 fully saturated rings. The van der Waals surface area contributed by atoms with E-state index in [1.54, 1.807) is 0 Å². The Bertz CT molecular complexity index is 358. The summed E-state index contributed by atoms with van der Waals surface area (Å²) >= 11 is 0. The van der Waals surface area contributed by atoms with Crippen molar-refractivity contribution in [2.45, 2.75) is 32.6 Å². The molecule has 1 saturated heterocycles. The second-order valence-corrected chi connectivity index (χ2v) is 5.06. The third-order valence-electron chi connectivity index (χ3n) is 3.81. The van der Waals surface area contributed by atoms with Gasteiger partial charge in [0, 0.05) is 17.9 Å². The minimum Gasteiger partial charge on any atom is -0.478 e. The third-order valence-corrected chi connectivity index (χ3v) is 3.81. The van der Waals surface area contributed by atoms with E-state index in [0.29, 0.717) is 13.0 Å². The summed E-state index contributed by atoms with van der Waals surface area (Å²) in [6.07, 6.45) is 4.14. The van der Waals surface area contributed by atoms with Gasteiger partial charge in [-0.2, -0.15) is 0 Å². The van der Waals surface area contributed by atoms with Crippen LogP contribution in [-0.4, -0.2) is 23.7 Å². The lowest BCUT2D eigenvalue weighted by Gasteiger charge is -2.44. The van der Waals surface area contributed by atoms with Crippen LogP contribution in [0.15, 0.2) is 11.6 Å². The predicted molar refractivity (Wildman–Crippen MR) is 56.7 cm³/mol. The van der Waals surface area contributed by atoms with Crippen molar-refractivity contribution in [1.29, 1.82) is 0 Å². The van der Waals surface area contributed by atoms with Gasteiger partial charge in [0.05, 0.1) is 6.61 Å². The van der Waals surface area contributed by atoms with Gasteiger partial charge in [-0.05, 0) is 25.2 Å². The van der Waals surface area contributed by atoms with E-state index < -0.39 is 5.97 Å². The molecule has 0 radical (unpaired) electrons. The van der Waals surface area contributed by atoms with Crippen molar-refractivity contribution in [3.05, 3.63) is 11.6 Å². The topological polar surface area (TPSA) is 63.6 Å². The number of carbonyl (C=O) groups excluding carboxylic acids is 1. The molecule has 16 heavy (non-hydrogen) atoms. The highest BCUT2D eigenvalue weighted by molar-refractivity contribution is 5.80. The van der Waals surface area contributed by atoms with Crippen LogP contribution < -0.4 is 0 Å². The number of carboxylic acid groups (broad SMARTS) is 1. The summed E-state index contributed by atoms with van der Waals surface area (Å²) in [5, 5.41) is 8.71. The Kier molecular flexibility index (Phi) is 2.74. The minimum absolute atomic E-state index is 0.0454. The molecule has 4 heteroatoms. The number of cyclic esters (lactones) is 1. The molecule has 88 valence electrons. The van der Waals surface area contributed by atoms with Gasteiger partial charge in [0.1, 0.15) is 0 Å². The Labute approximate surface area is 94.3 Å². The van der Waals surface area contributed by atoms with Crippen molar-refractivity contribution in [2.24, 2.45) is 11.3 Å². The van der Waals surface area contributed by atoms with Crippen molar-refractivity contribution in [2.75, 3.05) is 6.61 Å². The fourth-order valence-corrected chi connectivity index (χ4v) is 2.63. The maximum Gasteiger partial charge on any atom is 0.328 e. The molecule has 4 nitrogen and oxygen atoms in total. The molecule has 2 unspecified atom stereocenters. The molecule has 2 atom stereocenters. The van der Waals surface area contributed by atoms with Gasteiger partial charge in [-0.3, -0.25) is 4.79 Å². The van der Waals surface area contributed by atoms with Crippen molar-refractivity contribution in [3.8, 4) is 0 Å². The highest BCUT2D eigenvalue weighted by Gasteiger charge is 2.43. The number of fused-ring (bicyclic) bond motifs is 1. The fourth-order valence-electron chi connectivity index (χ4n) is 2.63. The summed E-state index contributed by atoms with van der Waals surface area (Å²) in [6, 6.07) is 0. The van der Waals surface area contributed by atoms with Crippen LogP contribution in [0, 0.1) is 11.3 Å². The molecule has 2 aliphatic rings. The number of carbonyl (C=O) groups is 2. The van der Waals surface area contributed by atoms with E-state index in [1.807, 2.05) is 0 Å². The average Bonchev–Trinajstić information content (AvgIpc) is 2.19. The zero-order chi connectivity index (χ0) is 11.8. The van der Waals surface area contributed by atoms with Gasteiger partial charge in [0.25, 0.3) is 0 Å². The molecule has 1 N–H and O–H groups in total. The van der Waals surface area contributed by atoms with E-state index in [0.717, 1.165) is 24.8 Å². The second-order valence-electron chi connectivity index (χ2n) is 5.06. The molecule has 0 amide bonds. The van der Waals surface area contributed by atoms with Crippen LogP contribution in [-0.2, 0) is 14.3 Å². The first-order valence-electron chi connectivity index (χ1n) is 5.57. The van der Waals surface area contributed by atoms with Crippen molar-refractivity contribution in [3.63, 3.8) is 0 Å². The maximum atomic E-state index is 11.2. The number of ether oxygens (including phenoxy) is 1. The smallest absolute Gasteiger partial charge is 0.328 e. The van der Waals surface area contributed by atoms with E-state index in [1.165, 1.54) is 6.08 Å². The van der Waals surface area contributed by atoms with Crippen LogP contribution in [0.1, 0.15) is 32.6 Å². The average molecular weight is 224 g/mol. The Hall–Kier alpha value is -1.32. The number of carboxylic acids is 1. The SMILES string of the molecule is CC12CC/C(=C/C(=O)O)CC1CC(=O)OC2. The van der Waals surface area contributed by atoms with Gasteiger partial charge in [0.2, 0.25) is 0 Å². The number of rotatable bonds is 1. The summed E-state index contributed by atoms with van der Waals surface area (Å²) in [5.41, 5.74) is 0.994. The molecule has 0 bridgehead atoms. The van der Waals surface area contributed by atoms with Crippen LogP contribution in [0.2, 0.25) is 0 Å². The predicted octanol–water partition coefficient (Wildman–Crippen LogP) is 1.75. The highest BCUT2D eigenvalue weighted by Crippen LogP contribution is 2.47. The molecule has 1 saturated carbocycles. The number of esters is 1. The minimum atomic E-state index is -0.892. The van der Waals surface area contributed by atoms with Crippen molar-refractivity contribution < 1.29 is 19.4 Å². The highest BCUT2D eigenvalue weighted by atomic mass is 16.5. The first-order chi connectivity index (χ1) is 7.49. The van der Waals surface area contributed by atoms with Crippen LogP contribution in [0.3, 0.4) is 0 Å². The van der Waals surface area contributed by atoms with Gasteiger partial charge in [-0.15, -0.1) is 0 Å². The number of hydrogen-bond acceptors (Lipinski definition) is 3. The Morgan fingerprint density at radius 3 is 3.00 bits per heavy atom. The molecule has 0 aromatic rings. The van der Waals surface area contributed by atoms with E-state index in [9.17, 15) is 9.59 Å². The fraction of sp³-hybridized carbons (Fsp3) is 0.667. The van der Waals surface area contributed by atoms with Gasteiger partial charge >= 0.3 is 11.9 Å². The quantitative estimate of drug-likeness (QED) is 0.544. The second kappa shape index (κ2) is 3.92. The van der Waals surface area contributed by atoms with E-state index >= 15 is 0 Å². The van der Waals surface area contributed by atoms with Gasteiger partial charge in [0.15, 0.2) is 0 Å². The van der Waals surface area contributed by atoms with Crippen LogP contribution in [0.4, 0.5) is 0 Å². The zero-order valence-corrected chi connectivity index (χ0v) is 9.36. The van der Waals surface area contributed by atoms with E-state index in [2.05, 4.69) is 6.92 Å². The van der Waals surface area contributed by atoms with Gasteiger partial charge < -0.3 is 9.84 Å². The molecule has 0 spiro atoms. The summed E-state index contributed by atoms with van der Waals surface area (Å²) in [7, 11) is 0. The number of allylic oxidation sites excluding steroid dienone is 1. The lowest BCUT2D eigenvalue weighted by Crippen LogP contribution is -2.42. The van der Waals surface area contributed by atoms with Crippen molar-refractivity contribution in [1.82, 2.24) is 0 Å². The van der Waals surface area contributed by atoms with E-state index in [-0.39, 0.29) is 17.3 Å². The van der Waals surface area contributed by atoms with Crippen LogP contribution in [0.25, 0.3) is 0 Å². The molecular weight excluding hydrogens is 208 g/mol. The monoisotopic (exact) mass is 224 g/mol. The molecule has 0 aromatic carbocycles. The van der Waals surface area contributed by atoms with Gasteiger partial charge in [-0.25, -0.2) is 4.79 Å². The van der Waals surface area contributed by atoms with Crippen LogP contribution in [0.5, 0.6) is 0 Å². The van der Waals surface area contributed by atoms with Gasteiger partial charge in [-0.1, -0.05) is 12.5 Å². The molecule has 0 aromatic heterocycles. The lowest BCUT2D eigenvalue weighted by atomic mass is 9.64. The first-order valence-corrected chi connectivity index (χ1v) is 5.57. The Balaban J connectivity index is 2.13. The zero-order valence-electron chi connectivity index (χ0n) is 9.36. The largest absolute Gasteiger partial charge is 0.478 e. The van der Waals surface area contributed by atoms with E-state index in [4.69, 9.17) is 9.84 Å². The summed E-state index contributed by atoms with van der Waals surface area (Å²) in [4.78, 5) is 21.8. The standard InChI is InChI=1S/C12H16O4/c1-12-3-2-8(5-10(13)14)4-9(12)6-11(15)16-7-12/h5,9H,2-4,6-7H2,1H3,(H,13,14)/b8-5-. The third kappa shape index (κ3) is 2.10. The molecule has 1 aliphatic carbocycles. The number of hydrogen-bond donors (Lipinski definition) is 1. The maximum absolute atomic E-state index is 11.2. The summed E-state index contributed by atoms with van der Waals surface area (Å²) < 4.78 is 5.09. The number of aliphatic carboxylic acids is 1.